The lowest BCUT2D eigenvalue weighted by atomic mass is 9.33. The Morgan fingerprint density at radius 3 is 1.34 bits per heavy atom. The van der Waals surface area contributed by atoms with Crippen molar-refractivity contribution in [1.29, 1.82) is 0 Å². The van der Waals surface area contributed by atoms with Crippen LogP contribution in [0.2, 0.25) is 13.1 Å². The van der Waals surface area contributed by atoms with Crippen molar-refractivity contribution in [1.82, 2.24) is 0 Å². The maximum absolute atomic E-state index is 2.67. The molecule has 3 nitrogen and oxygen atoms in total. The molecule has 0 N–H and O–H groups in total. The summed E-state index contributed by atoms with van der Waals surface area (Å²) < 4.78 is 0. The van der Waals surface area contributed by atoms with E-state index in [0.717, 1.165) is 17.1 Å². The molecule has 0 fully saturated rings. The Kier molecular flexibility index (Phi) is 9.70. The molecule has 0 saturated heterocycles. The lowest BCUT2D eigenvalue weighted by molar-refractivity contribution is 0.569. The van der Waals surface area contributed by atoms with Crippen molar-refractivity contribution < 1.29 is 0 Å². The molecule has 0 aromatic heterocycles. The van der Waals surface area contributed by atoms with E-state index in [9.17, 15) is 0 Å². The summed E-state index contributed by atoms with van der Waals surface area (Å²) in [6.45, 7) is 33.5. The van der Waals surface area contributed by atoms with Gasteiger partial charge < -0.3 is 14.7 Å². The Hall–Kier alpha value is -5.78. The summed E-state index contributed by atoms with van der Waals surface area (Å²) in [5.74, 6) is 0. The highest BCUT2D eigenvalue weighted by atomic mass is 28.3. The standard InChI is InChI=1S/C60H66BN3Si/c1-57(2,3)39-28-30-45(31-29-39)63-49-35-42(60(10,11)12)36-53-56(49)61-54-50(63)37-47(62(43-22-17-15-18-23-43)44-24-19-16-20-25-44)38-51(54)64(48-26-21-27-52(55(48)61)65(53,13)14)46-33-40(58(4,5)6)32-41(34-46)59(7,8)9/h15-38H,1-14H3. The summed E-state index contributed by atoms with van der Waals surface area (Å²) in [6.07, 6.45) is 0. The van der Waals surface area contributed by atoms with E-state index in [1.165, 1.54) is 72.8 Å². The molecule has 0 amide bonds. The molecule has 3 aliphatic rings. The van der Waals surface area contributed by atoms with Crippen molar-refractivity contribution in [3.63, 3.8) is 0 Å². The van der Waals surface area contributed by atoms with Crippen LogP contribution >= 0.6 is 0 Å². The third kappa shape index (κ3) is 6.99. The van der Waals surface area contributed by atoms with E-state index >= 15 is 0 Å². The van der Waals surface area contributed by atoms with Gasteiger partial charge >= 0.3 is 0 Å². The Balaban J connectivity index is 1.39. The van der Waals surface area contributed by atoms with Gasteiger partial charge in [-0.05, 0) is 133 Å². The van der Waals surface area contributed by atoms with Crippen LogP contribution in [0.25, 0.3) is 0 Å². The molecule has 65 heavy (non-hydrogen) atoms. The van der Waals surface area contributed by atoms with Gasteiger partial charge in [-0.2, -0.15) is 0 Å². The van der Waals surface area contributed by atoms with Crippen molar-refractivity contribution in [2.24, 2.45) is 0 Å². The maximum Gasteiger partial charge on any atom is 0.251 e. The largest absolute Gasteiger partial charge is 0.311 e. The molecule has 328 valence electrons. The summed E-state index contributed by atoms with van der Waals surface area (Å²) in [7, 11) is -2.28. The Bertz CT molecular complexity index is 2920. The van der Waals surface area contributed by atoms with E-state index in [0.29, 0.717) is 0 Å². The number of hydrogen-bond acceptors (Lipinski definition) is 3. The molecule has 3 aliphatic heterocycles. The second-order valence-electron chi connectivity index (χ2n) is 23.6. The zero-order valence-electron chi connectivity index (χ0n) is 41.3. The first-order valence-electron chi connectivity index (χ1n) is 23.8. The average molecular weight is 868 g/mol. The zero-order valence-corrected chi connectivity index (χ0v) is 42.3. The minimum absolute atomic E-state index is 0.0333. The monoisotopic (exact) mass is 868 g/mol. The van der Waals surface area contributed by atoms with Crippen LogP contribution < -0.4 is 41.5 Å². The van der Waals surface area contributed by atoms with Crippen molar-refractivity contribution in [3.05, 3.63) is 168 Å². The van der Waals surface area contributed by atoms with Gasteiger partial charge in [0.2, 0.25) is 0 Å². The van der Waals surface area contributed by atoms with Crippen LogP contribution in [0.4, 0.5) is 51.2 Å². The van der Waals surface area contributed by atoms with E-state index in [2.05, 4.69) is 256 Å². The number of hydrogen-bond donors (Lipinski definition) is 0. The number of para-hydroxylation sites is 2. The minimum Gasteiger partial charge on any atom is -0.311 e. The van der Waals surface area contributed by atoms with Gasteiger partial charge in [0.05, 0.1) is 5.69 Å². The van der Waals surface area contributed by atoms with E-state index in [-0.39, 0.29) is 28.4 Å². The fourth-order valence-corrected chi connectivity index (χ4v) is 14.0. The van der Waals surface area contributed by atoms with Crippen molar-refractivity contribution in [2.45, 2.75) is 118 Å². The fourth-order valence-electron chi connectivity index (χ4n) is 10.8. The summed E-state index contributed by atoms with van der Waals surface area (Å²) in [6, 6.07) is 56.3. The van der Waals surface area contributed by atoms with E-state index in [4.69, 9.17) is 0 Å². The number of rotatable bonds is 5. The molecule has 7 aromatic carbocycles. The van der Waals surface area contributed by atoms with Gasteiger partial charge in [0.1, 0.15) is 8.07 Å². The molecule has 0 unspecified atom stereocenters. The first-order valence-corrected chi connectivity index (χ1v) is 26.8. The van der Waals surface area contributed by atoms with Gasteiger partial charge in [0.15, 0.2) is 0 Å². The van der Waals surface area contributed by atoms with Crippen LogP contribution in [0, 0.1) is 0 Å². The second kappa shape index (κ2) is 14.6. The molecule has 0 spiro atoms. The van der Waals surface area contributed by atoms with Gasteiger partial charge in [-0.3, -0.25) is 0 Å². The second-order valence-corrected chi connectivity index (χ2v) is 28.0. The van der Waals surface area contributed by atoms with Crippen LogP contribution in [0.1, 0.15) is 105 Å². The molecule has 0 atom stereocenters. The topological polar surface area (TPSA) is 9.72 Å². The van der Waals surface area contributed by atoms with Crippen LogP contribution in [0.5, 0.6) is 0 Å². The van der Waals surface area contributed by atoms with Crippen LogP contribution in [0.15, 0.2) is 146 Å². The third-order valence-electron chi connectivity index (χ3n) is 14.6. The minimum atomic E-state index is -2.28. The van der Waals surface area contributed by atoms with Gasteiger partial charge in [-0.25, -0.2) is 0 Å². The van der Waals surface area contributed by atoms with Gasteiger partial charge in [-0.15, -0.1) is 0 Å². The highest BCUT2D eigenvalue weighted by molar-refractivity contribution is 7.16. The highest BCUT2D eigenvalue weighted by Gasteiger charge is 2.52. The Morgan fingerprint density at radius 1 is 0.369 bits per heavy atom. The van der Waals surface area contributed by atoms with E-state index < -0.39 is 8.07 Å². The lowest BCUT2D eigenvalue weighted by Gasteiger charge is -2.51. The lowest BCUT2D eigenvalue weighted by Crippen LogP contribution is -2.79. The third-order valence-corrected chi connectivity index (χ3v) is 18.1. The van der Waals surface area contributed by atoms with Crippen molar-refractivity contribution in [2.75, 3.05) is 14.7 Å². The molecule has 3 heterocycles. The molecule has 5 heteroatoms. The first kappa shape index (κ1) is 43.1. The molecule has 0 saturated carbocycles. The molecule has 0 aliphatic carbocycles. The quantitative estimate of drug-likeness (QED) is 0.160. The molecule has 10 rings (SSSR count). The maximum atomic E-state index is 2.67. The number of anilines is 9. The predicted molar refractivity (Wildman–Crippen MR) is 287 cm³/mol. The molecule has 0 radical (unpaired) electrons. The van der Waals surface area contributed by atoms with Crippen LogP contribution in [-0.4, -0.2) is 14.8 Å². The molecule has 0 bridgehead atoms. The Morgan fingerprint density at radius 2 is 0.831 bits per heavy atom. The van der Waals surface area contributed by atoms with E-state index in [1.807, 2.05) is 0 Å². The molecular weight excluding hydrogens is 802 g/mol. The highest BCUT2D eigenvalue weighted by Crippen LogP contribution is 2.50. The molecule has 7 aromatic rings. The van der Waals surface area contributed by atoms with Gasteiger partial charge in [0.25, 0.3) is 6.71 Å². The zero-order chi connectivity index (χ0) is 46.2. The van der Waals surface area contributed by atoms with E-state index in [1.54, 1.807) is 10.4 Å². The molecular formula is C60H66BN3Si. The predicted octanol–water partition coefficient (Wildman–Crippen LogP) is 13.6. The normalized spacial score (nSPS) is 15.0. The van der Waals surface area contributed by atoms with Crippen LogP contribution in [0.3, 0.4) is 0 Å². The summed E-state index contributed by atoms with van der Waals surface area (Å²) in [4.78, 5) is 7.78. The Labute approximate surface area is 391 Å². The van der Waals surface area contributed by atoms with Crippen molar-refractivity contribution in [3.8, 4) is 0 Å². The average Bonchev–Trinajstić information content (AvgIpc) is 3.24. The van der Waals surface area contributed by atoms with Crippen molar-refractivity contribution >= 4 is 92.7 Å². The number of nitrogens with zero attached hydrogens (tertiary/aromatic N) is 3. The fraction of sp³-hybridized carbons (Fsp3) is 0.300. The first-order chi connectivity index (χ1) is 30.5. The number of benzene rings is 7. The van der Waals surface area contributed by atoms with Crippen LogP contribution in [-0.2, 0) is 21.7 Å². The van der Waals surface area contributed by atoms with Gasteiger partial charge in [-0.1, -0.05) is 179 Å². The SMILES string of the molecule is CC(C)(C)c1ccc(N2c3cc(N(c4ccccc4)c4ccccc4)cc4c3B3c5c(cccc5[Si](C)(C)c5cc(C(C)(C)C)cc2c53)N4c2cc(C(C)(C)C)cc(C(C)(C)C)c2)cc1. The summed E-state index contributed by atoms with van der Waals surface area (Å²) in [5.41, 5.74) is 20.6. The summed E-state index contributed by atoms with van der Waals surface area (Å²) in [5, 5.41) is 3.12. The summed E-state index contributed by atoms with van der Waals surface area (Å²) >= 11 is 0. The van der Waals surface area contributed by atoms with Gasteiger partial charge in [0, 0.05) is 45.5 Å². The smallest absolute Gasteiger partial charge is 0.251 e.